The van der Waals surface area contributed by atoms with Crippen LogP contribution in [0.4, 0.5) is 14.0 Å². The number of nitrogens with one attached hydrogen (secondary N) is 1. The largest absolute Gasteiger partial charge is 0.464 e. The van der Waals surface area contributed by atoms with E-state index in [0.29, 0.717) is 19.4 Å². The summed E-state index contributed by atoms with van der Waals surface area (Å²) in [7, 11) is -4.42. The van der Waals surface area contributed by atoms with E-state index in [1.54, 1.807) is 20.8 Å². The van der Waals surface area contributed by atoms with Gasteiger partial charge < -0.3 is 15.2 Å². The second-order valence-electron chi connectivity index (χ2n) is 9.40. The Bertz CT molecular complexity index is 1560. The van der Waals surface area contributed by atoms with Gasteiger partial charge in [-0.2, -0.15) is 0 Å². The molecule has 3 rings (SSSR count). The molecule has 0 aliphatic rings. The first-order valence-electron chi connectivity index (χ1n) is 11.6. The number of nitrogens with zero attached hydrogens (tertiary/aromatic N) is 2. The van der Waals surface area contributed by atoms with Gasteiger partial charge in [-0.1, -0.05) is 33.5 Å². The quantitative estimate of drug-likeness (QED) is 0.242. The molecule has 0 saturated carbocycles. The minimum Gasteiger partial charge on any atom is -0.464 e. The molecule has 2 aromatic carbocycles. The highest BCUT2D eigenvalue weighted by atomic mass is 79.9. The van der Waals surface area contributed by atoms with Crippen molar-refractivity contribution in [2.45, 2.75) is 44.2 Å². The average Bonchev–Trinajstić information content (AvgIpc) is 3.12. The molecule has 39 heavy (non-hydrogen) atoms. The lowest BCUT2D eigenvalue weighted by Gasteiger charge is -2.27. The van der Waals surface area contributed by atoms with Crippen LogP contribution in [0, 0.1) is 18.2 Å². The maximum atomic E-state index is 15.0. The molecule has 9 nitrogen and oxygen atoms in total. The molecule has 1 heterocycles. The molecule has 2 N–H and O–H groups in total. The Balaban J connectivity index is 2.16. The third-order valence-electron chi connectivity index (χ3n) is 5.47. The van der Waals surface area contributed by atoms with Crippen LogP contribution in [0.5, 0.6) is 0 Å². The van der Waals surface area contributed by atoms with Crippen molar-refractivity contribution in [3.63, 3.8) is 0 Å². The second-order valence-corrected chi connectivity index (χ2v) is 12.6. The minimum absolute atomic E-state index is 0.0616. The van der Waals surface area contributed by atoms with E-state index in [1.807, 2.05) is 0 Å². The zero-order chi connectivity index (χ0) is 29.1. The summed E-state index contributed by atoms with van der Waals surface area (Å²) in [5.74, 6) is 1.58. The number of halogens is 3. The summed E-state index contributed by atoms with van der Waals surface area (Å²) in [5.41, 5.74) is -0.750. The molecule has 0 spiro atoms. The number of benzene rings is 2. The predicted molar refractivity (Wildman–Crippen MR) is 149 cm³/mol. The summed E-state index contributed by atoms with van der Waals surface area (Å²) in [6.07, 6.45) is 2.58. The Labute approximate surface area is 239 Å². The third-order valence-corrected chi connectivity index (χ3v) is 7.96. The van der Waals surface area contributed by atoms with E-state index in [4.69, 9.17) is 22.8 Å². The standard InChI is InChI=1S/C26H26BrClFN3O6S/c1-5-11-30-15-22-19(20-13-16(27)14-21(29)23(20)32(22)24(33)34)10-12-31(25(35)38-26(2,3)4)39(36,37)18-8-6-17(28)7-9-18/h1,6-9,13-14,30H,10-12,15H2,2-4H3,(H,33,34). The van der Waals surface area contributed by atoms with E-state index in [-0.39, 0.29) is 41.0 Å². The number of carbonyl (C=O) groups excluding carboxylic acids is 1. The van der Waals surface area contributed by atoms with Gasteiger partial charge in [0, 0.05) is 33.7 Å². The van der Waals surface area contributed by atoms with Crippen molar-refractivity contribution in [1.29, 1.82) is 0 Å². The molecule has 0 fully saturated rings. The maximum absolute atomic E-state index is 15.0. The summed E-state index contributed by atoms with van der Waals surface area (Å²) in [5, 5.41) is 13.4. The van der Waals surface area contributed by atoms with Crippen LogP contribution < -0.4 is 5.32 Å². The van der Waals surface area contributed by atoms with Crippen LogP contribution in [-0.4, -0.2) is 53.3 Å². The van der Waals surface area contributed by atoms with Gasteiger partial charge in [0.2, 0.25) is 0 Å². The lowest BCUT2D eigenvalue weighted by molar-refractivity contribution is 0.0392. The topological polar surface area (TPSA) is 118 Å². The molecule has 0 atom stereocenters. The molecule has 0 aliphatic heterocycles. The van der Waals surface area contributed by atoms with E-state index in [9.17, 15) is 23.1 Å². The average molecular weight is 643 g/mol. The fourth-order valence-corrected chi connectivity index (χ4v) is 5.80. The highest BCUT2D eigenvalue weighted by Gasteiger charge is 2.34. The summed E-state index contributed by atoms with van der Waals surface area (Å²) in [4.78, 5) is 25.2. The van der Waals surface area contributed by atoms with Crippen LogP contribution in [-0.2, 0) is 27.7 Å². The molecule has 0 radical (unpaired) electrons. The highest BCUT2D eigenvalue weighted by molar-refractivity contribution is 9.10. The van der Waals surface area contributed by atoms with E-state index < -0.39 is 40.2 Å². The van der Waals surface area contributed by atoms with Crippen molar-refractivity contribution in [3.8, 4) is 12.3 Å². The first-order chi connectivity index (χ1) is 18.2. The number of amides is 1. The Kier molecular flexibility index (Phi) is 9.33. The summed E-state index contributed by atoms with van der Waals surface area (Å²) < 4.78 is 49.2. The Morgan fingerprint density at radius 2 is 1.90 bits per heavy atom. The van der Waals surface area contributed by atoms with Crippen molar-refractivity contribution in [2.75, 3.05) is 13.1 Å². The van der Waals surface area contributed by atoms with Crippen LogP contribution in [0.2, 0.25) is 5.02 Å². The zero-order valence-corrected chi connectivity index (χ0v) is 24.5. The monoisotopic (exact) mass is 641 g/mol. The number of hydrogen-bond acceptors (Lipinski definition) is 6. The Hall–Kier alpha value is -3.11. The van der Waals surface area contributed by atoms with Crippen molar-refractivity contribution < 1.29 is 32.2 Å². The van der Waals surface area contributed by atoms with Crippen LogP contribution in [0.3, 0.4) is 0 Å². The van der Waals surface area contributed by atoms with Crippen LogP contribution in [0.15, 0.2) is 45.8 Å². The van der Waals surface area contributed by atoms with Crippen molar-refractivity contribution >= 4 is 60.6 Å². The number of fused-ring (bicyclic) bond motifs is 1. The smallest absolute Gasteiger partial charge is 0.424 e. The van der Waals surface area contributed by atoms with Crippen LogP contribution in [0.1, 0.15) is 32.0 Å². The van der Waals surface area contributed by atoms with Crippen molar-refractivity contribution in [2.24, 2.45) is 0 Å². The Morgan fingerprint density at radius 1 is 1.26 bits per heavy atom. The van der Waals surface area contributed by atoms with Crippen molar-refractivity contribution in [3.05, 3.63) is 63.0 Å². The number of rotatable bonds is 8. The molecule has 3 aromatic rings. The Morgan fingerprint density at radius 3 is 2.46 bits per heavy atom. The van der Waals surface area contributed by atoms with E-state index in [2.05, 4.69) is 27.2 Å². The molecule has 0 aliphatic carbocycles. The van der Waals surface area contributed by atoms with Crippen molar-refractivity contribution in [1.82, 2.24) is 14.2 Å². The first kappa shape index (κ1) is 30.4. The SMILES string of the molecule is C#CCNCc1c(CCN(C(=O)OC(C)(C)C)S(=O)(=O)c2ccc(Cl)cc2)c2cc(Br)cc(F)c2n1C(=O)O. The molecular weight excluding hydrogens is 617 g/mol. The van der Waals surface area contributed by atoms with Gasteiger partial charge in [0.15, 0.2) is 0 Å². The molecule has 0 saturated heterocycles. The number of hydrogen-bond donors (Lipinski definition) is 2. The van der Waals surface area contributed by atoms with E-state index in [1.165, 1.54) is 30.3 Å². The zero-order valence-electron chi connectivity index (χ0n) is 21.3. The van der Waals surface area contributed by atoms with Gasteiger partial charge in [-0.05, 0) is 69.2 Å². The van der Waals surface area contributed by atoms with E-state index >= 15 is 4.39 Å². The fraction of sp³-hybridized carbons (Fsp3) is 0.308. The van der Waals surface area contributed by atoms with Gasteiger partial charge in [0.1, 0.15) is 11.4 Å². The summed E-state index contributed by atoms with van der Waals surface area (Å²) in [6.45, 7) is 4.38. The van der Waals surface area contributed by atoms with Gasteiger partial charge in [-0.15, -0.1) is 6.42 Å². The number of sulfonamides is 1. The third kappa shape index (κ3) is 6.91. The van der Waals surface area contributed by atoms with Gasteiger partial charge in [0.05, 0.1) is 17.0 Å². The first-order valence-corrected chi connectivity index (χ1v) is 14.2. The second kappa shape index (κ2) is 12.0. The number of terminal acetylenes is 1. The lowest BCUT2D eigenvalue weighted by atomic mass is 10.1. The molecule has 1 amide bonds. The molecule has 0 unspecified atom stereocenters. The van der Waals surface area contributed by atoms with Crippen LogP contribution in [0.25, 0.3) is 10.9 Å². The highest BCUT2D eigenvalue weighted by Crippen LogP contribution is 2.33. The van der Waals surface area contributed by atoms with Crippen LogP contribution >= 0.6 is 27.5 Å². The molecular formula is C26H26BrClFN3O6S. The van der Waals surface area contributed by atoms with Gasteiger partial charge in [-0.25, -0.2) is 31.3 Å². The normalized spacial score (nSPS) is 11.8. The van der Waals surface area contributed by atoms with Gasteiger partial charge >= 0.3 is 12.2 Å². The molecule has 0 bridgehead atoms. The predicted octanol–water partition coefficient (Wildman–Crippen LogP) is 5.61. The molecule has 1 aromatic heterocycles. The maximum Gasteiger partial charge on any atom is 0.424 e. The van der Waals surface area contributed by atoms with Gasteiger partial charge in [0.25, 0.3) is 10.0 Å². The van der Waals surface area contributed by atoms with Gasteiger partial charge in [-0.3, -0.25) is 0 Å². The summed E-state index contributed by atoms with van der Waals surface area (Å²) in [6, 6.07) is 7.92. The number of aromatic nitrogens is 1. The lowest BCUT2D eigenvalue weighted by Crippen LogP contribution is -2.42. The fourth-order valence-electron chi connectivity index (χ4n) is 3.95. The number of carboxylic acid groups (broad SMARTS) is 1. The molecule has 13 heteroatoms. The van der Waals surface area contributed by atoms with E-state index in [0.717, 1.165) is 10.6 Å². The molecule has 208 valence electrons. The number of ether oxygens (including phenoxy) is 1. The minimum atomic E-state index is -4.42. The summed E-state index contributed by atoms with van der Waals surface area (Å²) >= 11 is 9.13. The number of carbonyl (C=O) groups is 2.